The van der Waals surface area contributed by atoms with E-state index in [0.717, 1.165) is 5.56 Å². The van der Waals surface area contributed by atoms with Gasteiger partial charge in [0.1, 0.15) is 12.7 Å². The minimum Gasteiger partial charge on any atom is -0.461 e. The topological polar surface area (TPSA) is 52.6 Å². The number of esters is 2. The molecule has 0 aliphatic carbocycles. The number of benzene rings is 1. The van der Waals surface area contributed by atoms with Crippen LogP contribution >= 0.6 is 0 Å². The number of hydrogen-bond donors (Lipinski definition) is 0. The van der Waals surface area contributed by atoms with Gasteiger partial charge in [-0.25, -0.2) is 0 Å². The zero-order chi connectivity index (χ0) is 13.9. The molecule has 19 heavy (non-hydrogen) atoms. The van der Waals surface area contributed by atoms with Gasteiger partial charge in [0.25, 0.3) is 0 Å². The lowest BCUT2D eigenvalue weighted by atomic mass is 9.89. The third-order valence-electron chi connectivity index (χ3n) is 3.20. The summed E-state index contributed by atoms with van der Waals surface area (Å²) < 4.78 is 10.3. The van der Waals surface area contributed by atoms with Crippen LogP contribution in [0, 0.1) is 5.41 Å². The van der Waals surface area contributed by atoms with Crippen LogP contribution in [0.2, 0.25) is 0 Å². The van der Waals surface area contributed by atoms with Crippen LogP contribution in [0.15, 0.2) is 30.3 Å². The molecule has 1 aromatic carbocycles. The summed E-state index contributed by atoms with van der Waals surface area (Å²) in [6.07, 6.45) is 0.333. The Morgan fingerprint density at radius 1 is 1.37 bits per heavy atom. The summed E-state index contributed by atoms with van der Waals surface area (Å²) in [5.74, 6) is -0.576. The Hall–Kier alpha value is -1.84. The van der Waals surface area contributed by atoms with Crippen molar-refractivity contribution in [2.75, 3.05) is 0 Å². The second-order valence-electron chi connectivity index (χ2n) is 5.47. The maximum absolute atomic E-state index is 11.7. The van der Waals surface area contributed by atoms with E-state index in [2.05, 4.69) is 0 Å². The number of hydrogen-bond acceptors (Lipinski definition) is 4. The largest absolute Gasteiger partial charge is 0.461 e. The molecule has 102 valence electrons. The van der Waals surface area contributed by atoms with Crippen molar-refractivity contribution in [2.24, 2.45) is 5.41 Å². The molecule has 1 atom stereocenters. The normalized spacial score (nSPS) is 20.9. The van der Waals surface area contributed by atoms with Crippen molar-refractivity contribution in [3.05, 3.63) is 35.9 Å². The fourth-order valence-electron chi connectivity index (χ4n) is 2.10. The predicted molar refractivity (Wildman–Crippen MR) is 69.1 cm³/mol. The summed E-state index contributed by atoms with van der Waals surface area (Å²) in [6.45, 7) is 3.90. The van der Waals surface area contributed by atoms with Crippen LogP contribution in [0.1, 0.15) is 32.3 Å². The Bertz CT molecular complexity index is 464. The highest BCUT2D eigenvalue weighted by molar-refractivity contribution is 5.79. The quantitative estimate of drug-likeness (QED) is 0.782. The minimum absolute atomic E-state index is 0.127. The van der Waals surface area contributed by atoms with Crippen molar-refractivity contribution in [3.8, 4) is 0 Å². The van der Waals surface area contributed by atoms with Gasteiger partial charge in [-0.2, -0.15) is 0 Å². The van der Waals surface area contributed by atoms with E-state index in [1.807, 2.05) is 44.2 Å². The molecule has 0 unspecified atom stereocenters. The molecule has 0 bridgehead atoms. The molecule has 1 heterocycles. The van der Waals surface area contributed by atoms with E-state index in [4.69, 9.17) is 9.47 Å². The zero-order valence-electron chi connectivity index (χ0n) is 11.2. The lowest BCUT2D eigenvalue weighted by Crippen LogP contribution is -2.17. The van der Waals surface area contributed by atoms with Gasteiger partial charge >= 0.3 is 11.9 Å². The molecule has 1 fully saturated rings. The Morgan fingerprint density at radius 3 is 2.63 bits per heavy atom. The number of carbonyl (C=O) groups is 2. The summed E-state index contributed by atoms with van der Waals surface area (Å²) in [7, 11) is 0. The van der Waals surface area contributed by atoms with E-state index in [1.165, 1.54) is 0 Å². The third kappa shape index (κ3) is 3.56. The van der Waals surface area contributed by atoms with E-state index in [9.17, 15) is 9.59 Å². The fraction of sp³-hybridized carbons (Fsp3) is 0.467. The SMILES string of the molecule is CC1(C)C[C@H](CC(=O)OCc2ccccc2)OC1=O. The number of cyclic esters (lactones) is 1. The first-order valence-electron chi connectivity index (χ1n) is 6.38. The van der Waals surface area contributed by atoms with E-state index in [-0.39, 0.29) is 31.1 Å². The van der Waals surface area contributed by atoms with Crippen molar-refractivity contribution < 1.29 is 19.1 Å². The summed E-state index contributed by atoms with van der Waals surface area (Å²) in [6, 6.07) is 9.48. The first kappa shape index (κ1) is 13.6. The van der Waals surface area contributed by atoms with Gasteiger partial charge in [0.05, 0.1) is 11.8 Å². The Morgan fingerprint density at radius 2 is 2.05 bits per heavy atom. The molecule has 4 heteroatoms. The highest BCUT2D eigenvalue weighted by Gasteiger charge is 2.42. The monoisotopic (exact) mass is 262 g/mol. The van der Waals surface area contributed by atoms with Crippen LogP contribution in [0.4, 0.5) is 0 Å². The molecule has 2 rings (SSSR count). The number of carbonyl (C=O) groups excluding carboxylic acids is 2. The lowest BCUT2D eigenvalue weighted by molar-refractivity contribution is -0.152. The molecule has 0 radical (unpaired) electrons. The number of ether oxygens (including phenoxy) is 2. The second-order valence-corrected chi connectivity index (χ2v) is 5.47. The molecule has 4 nitrogen and oxygen atoms in total. The first-order chi connectivity index (χ1) is 8.97. The van der Waals surface area contributed by atoms with E-state index in [0.29, 0.717) is 6.42 Å². The maximum atomic E-state index is 11.7. The van der Waals surface area contributed by atoms with Gasteiger partial charge in [-0.3, -0.25) is 9.59 Å². The van der Waals surface area contributed by atoms with Crippen molar-refractivity contribution in [1.82, 2.24) is 0 Å². The van der Waals surface area contributed by atoms with Crippen molar-refractivity contribution in [3.63, 3.8) is 0 Å². The average molecular weight is 262 g/mol. The van der Waals surface area contributed by atoms with Crippen LogP contribution in [-0.2, 0) is 25.7 Å². The molecular formula is C15H18O4. The van der Waals surface area contributed by atoms with Crippen LogP contribution < -0.4 is 0 Å². The maximum Gasteiger partial charge on any atom is 0.311 e. The van der Waals surface area contributed by atoms with Crippen LogP contribution in [0.25, 0.3) is 0 Å². The van der Waals surface area contributed by atoms with Gasteiger partial charge in [-0.05, 0) is 19.4 Å². The van der Waals surface area contributed by atoms with Gasteiger partial charge < -0.3 is 9.47 Å². The molecule has 0 amide bonds. The first-order valence-corrected chi connectivity index (χ1v) is 6.38. The smallest absolute Gasteiger partial charge is 0.311 e. The third-order valence-corrected chi connectivity index (χ3v) is 3.20. The molecular weight excluding hydrogens is 244 g/mol. The van der Waals surface area contributed by atoms with Crippen LogP contribution in [-0.4, -0.2) is 18.0 Å². The molecule has 0 saturated carbocycles. The number of rotatable bonds is 4. The predicted octanol–water partition coefficient (Wildman–Crippen LogP) is 2.46. The lowest BCUT2D eigenvalue weighted by Gasteiger charge is -2.10. The Kier molecular flexibility index (Phi) is 3.88. The summed E-state index contributed by atoms with van der Waals surface area (Å²) in [5, 5.41) is 0. The van der Waals surface area contributed by atoms with Crippen molar-refractivity contribution in [2.45, 2.75) is 39.4 Å². The highest BCUT2D eigenvalue weighted by Crippen LogP contribution is 2.34. The average Bonchev–Trinajstić information content (AvgIpc) is 2.61. The van der Waals surface area contributed by atoms with Gasteiger partial charge in [0, 0.05) is 6.42 Å². The minimum atomic E-state index is -0.496. The van der Waals surface area contributed by atoms with E-state index < -0.39 is 5.41 Å². The molecule has 1 saturated heterocycles. The molecule has 1 aromatic rings. The summed E-state index contributed by atoms with van der Waals surface area (Å²) in [4.78, 5) is 23.2. The fourth-order valence-corrected chi connectivity index (χ4v) is 2.10. The molecule has 1 aliphatic heterocycles. The standard InChI is InChI=1S/C15H18O4/c1-15(2)9-12(19-14(15)17)8-13(16)18-10-11-6-4-3-5-7-11/h3-7,12H,8-10H2,1-2H3/t12-/m0/s1. The van der Waals surface area contributed by atoms with Gasteiger partial charge in [-0.15, -0.1) is 0 Å². The summed E-state index contributed by atoms with van der Waals surface area (Å²) >= 11 is 0. The Labute approximate surface area is 112 Å². The van der Waals surface area contributed by atoms with Crippen molar-refractivity contribution >= 4 is 11.9 Å². The summed E-state index contributed by atoms with van der Waals surface area (Å²) in [5.41, 5.74) is 0.448. The molecule has 0 spiro atoms. The van der Waals surface area contributed by atoms with Crippen molar-refractivity contribution in [1.29, 1.82) is 0 Å². The van der Waals surface area contributed by atoms with Crippen LogP contribution in [0.5, 0.6) is 0 Å². The second kappa shape index (κ2) is 5.43. The Balaban J connectivity index is 1.78. The van der Waals surface area contributed by atoms with E-state index >= 15 is 0 Å². The molecule has 0 N–H and O–H groups in total. The van der Waals surface area contributed by atoms with Gasteiger partial charge in [0.2, 0.25) is 0 Å². The highest BCUT2D eigenvalue weighted by atomic mass is 16.6. The zero-order valence-corrected chi connectivity index (χ0v) is 11.2. The van der Waals surface area contributed by atoms with E-state index in [1.54, 1.807) is 0 Å². The van der Waals surface area contributed by atoms with Crippen LogP contribution in [0.3, 0.4) is 0 Å². The van der Waals surface area contributed by atoms with Gasteiger partial charge in [-0.1, -0.05) is 30.3 Å². The molecule has 0 aromatic heterocycles. The molecule has 1 aliphatic rings. The van der Waals surface area contributed by atoms with Gasteiger partial charge in [0.15, 0.2) is 0 Å².